The maximum Gasteiger partial charge on any atom is 0.269 e. The highest BCUT2D eigenvalue weighted by molar-refractivity contribution is 5.65. The van der Waals surface area contributed by atoms with Gasteiger partial charge in [-0.2, -0.15) is 0 Å². The molecule has 0 amide bonds. The van der Waals surface area contributed by atoms with Gasteiger partial charge in [0.15, 0.2) is 0 Å². The summed E-state index contributed by atoms with van der Waals surface area (Å²) in [5, 5.41) is 21.7. The highest BCUT2D eigenvalue weighted by atomic mass is 16.6. The topological polar surface area (TPSA) is 116 Å². The molecule has 0 saturated heterocycles. The van der Waals surface area contributed by atoms with Gasteiger partial charge in [0.1, 0.15) is 0 Å². The molecular formula is C17H20N4O4. The van der Waals surface area contributed by atoms with Gasteiger partial charge in [-0.25, -0.2) is 0 Å². The van der Waals surface area contributed by atoms with Crippen molar-refractivity contribution < 1.29 is 9.85 Å². The van der Waals surface area contributed by atoms with Gasteiger partial charge in [0, 0.05) is 42.2 Å². The lowest BCUT2D eigenvalue weighted by molar-refractivity contribution is -0.385. The number of nitrogens with two attached hydrogens (primary N) is 1. The molecule has 0 aliphatic carbocycles. The minimum Gasteiger partial charge on any atom is -0.341 e. The fourth-order valence-electron chi connectivity index (χ4n) is 2.33. The second kappa shape index (κ2) is 7.27. The van der Waals surface area contributed by atoms with E-state index in [1.807, 2.05) is 18.7 Å². The van der Waals surface area contributed by atoms with Gasteiger partial charge >= 0.3 is 0 Å². The third-order valence-electron chi connectivity index (χ3n) is 3.88. The summed E-state index contributed by atoms with van der Waals surface area (Å²) in [6.45, 7) is 5.02. The molecule has 0 radical (unpaired) electrons. The molecule has 0 aliphatic heterocycles. The van der Waals surface area contributed by atoms with Crippen LogP contribution in [-0.4, -0.2) is 22.9 Å². The largest absolute Gasteiger partial charge is 0.341 e. The standard InChI is InChI=1S/C17H20N4O4/c1-17(2,11-18)12-19(13-3-7-15(8-4-13)20(22)23)14-5-9-16(10-6-14)21(24)25/h3-10H,11-12,18H2,1-2H3. The van der Waals surface area contributed by atoms with Crippen molar-refractivity contribution in [2.75, 3.05) is 18.0 Å². The lowest BCUT2D eigenvalue weighted by atomic mass is 9.92. The Bertz CT molecular complexity index is 700. The van der Waals surface area contributed by atoms with Gasteiger partial charge < -0.3 is 10.6 Å². The summed E-state index contributed by atoms with van der Waals surface area (Å²) in [5.74, 6) is 0. The molecule has 8 heteroatoms. The molecule has 132 valence electrons. The average Bonchev–Trinajstić information content (AvgIpc) is 2.60. The molecule has 0 bridgehead atoms. The van der Waals surface area contributed by atoms with E-state index >= 15 is 0 Å². The lowest BCUT2D eigenvalue weighted by Gasteiger charge is -2.33. The van der Waals surface area contributed by atoms with Crippen LogP contribution in [0.15, 0.2) is 48.5 Å². The zero-order valence-corrected chi connectivity index (χ0v) is 14.1. The Balaban J connectivity index is 2.41. The molecule has 25 heavy (non-hydrogen) atoms. The van der Waals surface area contributed by atoms with Crippen LogP contribution < -0.4 is 10.6 Å². The van der Waals surface area contributed by atoms with Crippen LogP contribution in [0.25, 0.3) is 0 Å². The predicted octanol–water partition coefficient (Wildman–Crippen LogP) is 3.63. The molecule has 0 unspecified atom stereocenters. The van der Waals surface area contributed by atoms with Crippen LogP contribution in [0.1, 0.15) is 13.8 Å². The summed E-state index contributed by atoms with van der Waals surface area (Å²) in [4.78, 5) is 22.7. The number of hydrogen-bond donors (Lipinski definition) is 1. The van der Waals surface area contributed by atoms with Crippen LogP contribution in [0.2, 0.25) is 0 Å². The number of nitrogens with zero attached hydrogens (tertiary/aromatic N) is 3. The summed E-state index contributed by atoms with van der Waals surface area (Å²) in [5.41, 5.74) is 7.13. The summed E-state index contributed by atoms with van der Waals surface area (Å²) in [7, 11) is 0. The van der Waals surface area contributed by atoms with Gasteiger partial charge in [-0.15, -0.1) is 0 Å². The molecule has 2 aromatic rings. The molecule has 2 rings (SSSR count). The van der Waals surface area contributed by atoms with Gasteiger partial charge in [-0.1, -0.05) is 13.8 Å². The van der Waals surface area contributed by atoms with Crippen molar-refractivity contribution in [2.24, 2.45) is 11.1 Å². The van der Waals surface area contributed by atoms with Crippen LogP contribution in [-0.2, 0) is 0 Å². The number of hydrogen-bond acceptors (Lipinski definition) is 6. The summed E-state index contributed by atoms with van der Waals surface area (Å²) < 4.78 is 0. The Morgan fingerprint density at radius 2 is 1.24 bits per heavy atom. The van der Waals surface area contributed by atoms with Gasteiger partial charge in [-0.05, 0) is 36.2 Å². The number of anilines is 2. The van der Waals surface area contributed by atoms with Crippen molar-refractivity contribution in [2.45, 2.75) is 13.8 Å². The van der Waals surface area contributed by atoms with Crippen LogP contribution in [0.3, 0.4) is 0 Å². The molecule has 0 fully saturated rings. The lowest BCUT2D eigenvalue weighted by Crippen LogP contribution is -2.36. The quantitative estimate of drug-likeness (QED) is 0.605. The fourth-order valence-corrected chi connectivity index (χ4v) is 2.33. The minimum absolute atomic E-state index is 0.00508. The number of benzene rings is 2. The minimum atomic E-state index is -0.455. The third kappa shape index (κ3) is 4.51. The Labute approximate surface area is 145 Å². The summed E-state index contributed by atoms with van der Waals surface area (Å²) in [6.07, 6.45) is 0. The van der Waals surface area contributed by atoms with Gasteiger partial charge in [-0.3, -0.25) is 20.2 Å². The highest BCUT2D eigenvalue weighted by Crippen LogP contribution is 2.31. The molecular weight excluding hydrogens is 324 g/mol. The normalized spacial score (nSPS) is 11.2. The first-order chi connectivity index (χ1) is 11.7. The van der Waals surface area contributed by atoms with Gasteiger partial charge in [0.05, 0.1) is 9.85 Å². The third-order valence-corrected chi connectivity index (χ3v) is 3.88. The first kappa shape index (κ1) is 18.3. The van der Waals surface area contributed by atoms with E-state index in [1.54, 1.807) is 24.3 Å². The molecule has 0 aromatic heterocycles. The maximum absolute atomic E-state index is 10.8. The second-order valence-corrected chi connectivity index (χ2v) is 6.50. The zero-order valence-electron chi connectivity index (χ0n) is 14.1. The van der Waals surface area contributed by atoms with E-state index in [1.165, 1.54) is 24.3 Å². The van der Waals surface area contributed by atoms with Crippen LogP contribution in [0.4, 0.5) is 22.7 Å². The molecule has 0 atom stereocenters. The summed E-state index contributed by atoms with van der Waals surface area (Å²) in [6, 6.07) is 12.4. The van der Waals surface area contributed by atoms with E-state index in [-0.39, 0.29) is 16.8 Å². The smallest absolute Gasteiger partial charge is 0.269 e. The molecule has 0 heterocycles. The van der Waals surface area contributed by atoms with E-state index in [9.17, 15) is 20.2 Å². The van der Waals surface area contributed by atoms with Crippen LogP contribution in [0.5, 0.6) is 0 Å². The predicted molar refractivity (Wildman–Crippen MR) is 96.0 cm³/mol. The Kier molecular flexibility index (Phi) is 5.33. The Hall–Kier alpha value is -3.00. The molecule has 0 spiro atoms. The Morgan fingerprint density at radius 3 is 1.52 bits per heavy atom. The highest BCUT2D eigenvalue weighted by Gasteiger charge is 2.23. The molecule has 0 saturated carbocycles. The average molecular weight is 344 g/mol. The van der Waals surface area contributed by atoms with E-state index < -0.39 is 9.85 Å². The van der Waals surface area contributed by atoms with Gasteiger partial charge in [0.2, 0.25) is 0 Å². The first-order valence-corrected chi connectivity index (χ1v) is 7.70. The molecule has 0 aliphatic rings. The summed E-state index contributed by atoms with van der Waals surface area (Å²) >= 11 is 0. The van der Waals surface area contributed by atoms with E-state index in [0.717, 1.165) is 11.4 Å². The number of non-ortho nitro benzene ring substituents is 2. The number of nitro groups is 2. The second-order valence-electron chi connectivity index (χ2n) is 6.50. The fraction of sp³-hybridized carbons (Fsp3) is 0.294. The van der Waals surface area contributed by atoms with Crippen molar-refractivity contribution in [3.05, 3.63) is 68.8 Å². The number of rotatable bonds is 7. The van der Waals surface area contributed by atoms with Crippen molar-refractivity contribution in [1.29, 1.82) is 0 Å². The van der Waals surface area contributed by atoms with Crippen molar-refractivity contribution >= 4 is 22.7 Å². The van der Waals surface area contributed by atoms with E-state index in [2.05, 4.69) is 0 Å². The van der Waals surface area contributed by atoms with Gasteiger partial charge in [0.25, 0.3) is 11.4 Å². The van der Waals surface area contributed by atoms with E-state index in [4.69, 9.17) is 5.73 Å². The number of nitro benzene ring substituents is 2. The zero-order chi connectivity index (χ0) is 18.6. The molecule has 8 nitrogen and oxygen atoms in total. The van der Waals surface area contributed by atoms with Crippen molar-refractivity contribution in [3.63, 3.8) is 0 Å². The van der Waals surface area contributed by atoms with Crippen LogP contribution >= 0.6 is 0 Å². The van der Waals surface area contributed by atoms with Crippen LogP contribution in [0, 0.1) is 25.6 Å². The molecule has 2 N–H and O–H groups in total. The van der Waals surface area contributed by atoms with Crippen molar-refractivity contribution in [3.8, 4) is 0 Å². The monoisotopic (exact) mass is 344 g/mol. The van der Waals surface area contributed by atoms with E-state index in [0.29, 0.717) is 13.1 Å². The SMILES string of the molecule is CC(C)(CN)CN(c1ccc([N+](=O)[O-])cc1)c1ccc([N+](=O)[O-])cc1. The Morgan fingerprint density at radius 1 is 0.880 bits per heavy atom. The van der Waals surface area contributed by atoms with Crippen molar-refractivity contribution in [1.82, 2.24) is 0 Å². The maximum atomic E-state index is 10.8. The molecule has 2 aromatic carbocycles. The first-order valence-electron chi connectivity index (χ1n) is 7.70.